The minimum absolute atomic E-state index is 0.0910. The molecule has 2 atom stereocenters. The molecule has 0 spiro atoms. The van der Waals surface area contributed by atoms with Crippen molar-refractivity contribution in [2.75, 3.05) is 18.5 Å². The second-order valence-electron chi connectivity index (χ2n) is 5.98. The molecule has 1 aliphatic heterocycles. The van der Waals surface area contributed by atoms with Gasteiger partial charge in [-0.2, -0.15) is 0 Å². The number of hydrogen-bond acceptors (Lipinski definition) is 6. The number of rotatable bonds is 4. The van der Waals surface area contributed by atoms with Crippen molar-refractivity contribution in [3.05, 3.63) is 16.6 Å². The van der Waals surface area contributed by atoms with E-state index in [-0.39, 0.29) is 6.04 Å². The maximum absolute atomic E-state index is 9.95. The Labute approximate surface area is 137 Å². The van der Waals surface area contributed by atoms with Gasteiger partial charge >= 0.3 is 0 Å². The third-order valence-corrected chi connectivity index (χ3v) is 4.23. The summed E-state index contributed by atoms with van der Waals surface area (Å²) in [6, 6.07) is -0.0910. The monoisotopic (exact) mass is 369 g/mol. The van der Waals surface area contributed by atoms with Crippen molar-refractivity contribution in [2.45, 2.75) is 38.8 Å². The average molecular weight is 370 g/mol. The van der Waals surface area contributed by atoms with E-state index in [1.807, 2.05) is 4.52 Å². The smallest absolute Gasteiger partial charge is 0.241 e. The molecular formula is C14H20BrN5O2. The maximum Gasteiger partial charge on any atom is 0.241 e. The van der Waals surface area contributed by atoms with Crippen LogP contribution in [-0.4, -0.2) is 50.0 Å². The molecule has 120 valence electrons. The van der Waals surface area contributed by atoms with Gasteiger partial charge < -0.3 is 15.2 Å². The minimum Gasteiger partial charge on any atom is -0.389 e. The summed E-state index contributed by atoms with van der Waals surface area (Å²) in [4.78, 5) is 8.84. The molecular weight excluding hydrogens is 350 g/mol. The maximum atomic E-state index is 9.95. The highest BCUT2D eigenvalue weighted by Crippen LogP contribution is 2.20. The van der Waals surface area contributed by atoms with Crippen LogP contribution in [0.25, 0.3) is 5.52 Å². The van der Waals surface area contributed by atoms with Crippen LogP contribution in [0.4, 0.5) is 5.95 Å². The molecule has 1 saturated heterocycles. The summed E-state index contributed by atoms with van der Waals surface area (Å²) in [6.07, 6.45) is 2.76. The lowest BCUT2D eigenvalue weighted by Gasteiger charge is -2.28. The molecule has 8 heteroatoms. The molecule has 0 amide bonds. The Morgan fingerprint density at radius 1 is 1.55 bits per heavy atom. The molecule has 1 aliphatic rings. The summed E-state index contributed by atoms with van der Waals surface area (Å²) < 4.78 is 7.80. The molecule has 0 unspecified atom stereocenters. The van der Waals surface area contributed by atoms with Gasteiger partial charge in [0, 0.05) is 13.0 Å². The van der Waals surface area contributed by atoms with Crippen LogP contribution in [0.2, 0.25) is 0 Å². The number of hydrogen-bond donors (Lipinski definition) is 2. The van der Waals surface area contributed by atoms with E-state index in [0.29, 0.717) is 25.1 Å². The Morgan fingerprint density at radius 2 is 2.36 bits per heavy atom. The van der Waals surface area contributed by atoms with Gasteiger partial charge in [0.2, 0.25) is 5.95 Å². The number of fused-ring (bicyclic) bond motifs is 1. The van der Waals surface area contributed by atoms with Gasteiger partial charge in [-0.25, -0.2) is 14.5 Å². The molecule has 0 saturated carbocycles. The summed E-state index contributed by atoms with van der Waals surface area (Å²) in [5.41, 5.74) is 0.841. The van der Waals surface area contributed by atoms with E-state index in [4.69, 9.17) is 4.74 Å². The summed E-state index contributed by atoms with van der Waals surface area (Å²) in [5.74, 6) is 1.88. The lowest BCUT2D eigenvalue weighted by molar-refractivity contribution is -0.0136. The zero-order chi connectivity index (χ0) is 15.7. The Kier molecular flexibility index (Phi) is 4.60. The van der Waals surface area contributed by atoms with Gasteiger partial charge in [0.25, 0.3) is 0 Å². The van der Waals surface area contributed by atoms with Crippen LogP contribution < -0.4 is 5.32 Å². The van der Waals surface area contributed by atoms with Crippen LogP contribution in [0.1, 0.15) is 26.1 Å². The van der Waals surface area contributed by atoms with E-state index >= 15 is 0 Å². The molecule has 2 aromatic heterocycles. The van der Waals surface area contributed by atoms with Gasteiger partial charge in [-0.05, 0) is 28.3 Å². The Balaban J connectivity index is 1.87. The third kappa shape index (κ3) is 3.23. The Morgan fingerprint density at radius 3 is 3.09 bits per heavy atom. The highest BCUT2D eigenvalue weighted by molar-refractivity contribution is 9.10. The molecule has 2 N–H and O–H groups in total. The van der Waals surface area contributed by atoms with Gasteiger partial charge in [0.15, 0.2) is 0 Å². The van der Waals surface area contributed by atoms with Gasteiger partial charge in [0.1, 0.15) is 15.9 Å². The normalized spacial score (nSPS) is 22.4. The number of imidazole rings is 1. The summed E-state index contributed by atoms with van der Waals surface area (Å²) in [7, 11) is 0. The molecule has 2 aromatic rings. The quantitative estimate of drug-likeness (QED) is 0.852. The molecule has 0 aromatic carbocycles. The second-order valence-corrected chi connectivity index (χ2v) is 6.73. The zero-order valence-electron chi connectivity index (χ0n) is 12.7. The summed E-state index contributed by atoms with van der Waals surface area (Å²) in [6.45, 7) is 5.27. The summed E-state index contributed by atoms with van der Waals surface area (Å²) in [5, 5.41) is 17.7. The molecule has 22 heavy (non-hydrogen) atoms. The topological polar surface area (TPSA) is 84.6 Å². The average Bonchev–Trinajstić information content (AvgIpc) is 2.77. The molecule has 3 heterocycles. The Hall–Kier alpha value is -1.25. The first-order chi connectivity index (χ1) is 10.5. The number of halogens is 1. The van der Waals surface area contributed by atoms with E-state index in [2.05, 4.69) is 50.2 Å². The standard InChI is InChI=1S/C14H20BrN5O2/c1-8(2)5-12-18-13(15)10-6-16-14(19-20(10)12)17-9-3-4-22-7-11(9)21/h6,8-9,11,21H,3-5,7H2,1-2H3,(H,17,19)/t9-,11-/m1/s1. The molecule has 0 radical (unpaired) electrons. The van der Waals surface area contributed by atoms with E-state index in [9.17, 15) is 5.11 Å². The predicted octanol–water partition coefficient (Wildman–Crippen LogP) is 1.65. The molecule has 3 rings (SSSR count). The van der Waals surface area contributed by atoms with E-state index < -0.39 is 6.10 Å². The number of ether oxygens (including phenoxy) is 1. The Bertz CT molecular complexity index is 660. The van der Waals surface area contributed by atoms with E-state index in [1.54, 1.807) is 6.20 Å². The van der Waals surface area contributed by atoms with Crippen molar-refractivity contribution >= 4 is 27.4 Å². The largest absolute Gasteiger partial charge is 0.389 e. The zero-order valence-corrected chi connectivity index (χ0v) is 14.2. The number of aliphatic hydroxyl groups excluding tert-OH is 1. The van der Waals surface area contributed by atoms with Crippen molar-refractivity contribution in [1.82, 2.24) is 19.6 Å². The number of nitrogens with zero attached hydrogens (tertiary/aromatic N) is 4. The van der Waals surface area contributed by atoms with E-state index in [1.165, 1.54) is 0 Å². The van der Waals surface area contributed by atoms with E-state index in [0.717, 1.165) is 28.8 Å². The van der Waals surface area contributed by atoms with Gasteiger partial charge in [-0.3, -0.25) is 0 Å². The lowest BCUT2D eigenvalue weighted by Crippen LogP contribution is -2.42. The predicted molar refractivity (Wildman–Crippen MR) is 85.9 cm³/mol. The first-order valence-corrected chi connectivity index (χ1v) is 8.26. The van der Waals surface area contributed by atoms with Crippen LogP contribution in [0.5, 0.6) is 0 Å². The van der Waals surface area contributed by atoms with Crippen LogP contribution in [-0.2, 0) is 11.2 Å². The van der Waals surface area contributed by atoms with Crippen molar-refractivity contribution in [1.29, 1.82) is 0 Å². The minimum atomic E-state index is -0.544. The number of aliphatic hydroxyl groups is 1. The molecule has 0 aliphatic carbocycles. The molecule has 7 nitrogen and oxygen atoms in total. The summed E-state index contributed by atoms with van der Waals surface area (Å²) >= 11 is 3.45. The van der Waals surface area contributed by atoms with Crippen molar-refractivity contribution in [3.8, 4) is 0 Å². The molecule has 1 fully saturated rings. The van der Waals surface area contributed by atoms with Crippen LogP contribution >= 0.6 is 15.9 Å². The van der Waals surface area contributed by atoms with Crippen LogP contribution in [0.3, 0.4) is 0 Å². The highest BCUT2D eigenvalue weighted by Gasteiger charge is 2.24. The van der Waals surface area contributed by atoms with Gasteiger partial charge in [-0.15, -0.1) is 5.10 Å². The van der Waals surface area contributed by atoms with Gasteiger partial charge in [-0.1, -0.05) is 13.8 Å². The van der Waals surface area contributed by atoms with Crippen molar-refractivity contribution in [3.63, 3.8) is 0 Å². The highest BCUT2D eigenvalue weighted by atomic mass is 79.9. The lowest BCUT2D eigenvalue weighted by atomic mass is 10.1. The van der Waals surface area contributed by atoms with Crippen molar-refractivity contribution in [2.24, 2.45) is 5.92 Å². The number of nitrogens with one attached hydrogen (secondary N) is 1. The number of aromatic nitrogens is 4. The first kappa shape index (κ1) is 15.6. The fraction of sp³-hybridized carbons (Fsp3) is 0.643. The van der Waals surface area contributed by atoms with Gasteiger partial charge in [0.05, 0.1) is 24.9 Å². The van der Waals surface area contributed by atoms with Crippen LogP contribution in [0.15, 0.2) is 10.8 Å². The molecule has 0 bridgehead atoms. The second kappa shape index (κ2) is 6.47. The third-order valence-electron chi connectivity index (χ3n) is 3.65. The SMILES string of the molecule is CC(C)Cc1nc(Br)c2cnc(N[C@@H]3CCOC[C@H]3O)nn12. The number of anilines is 1. The van der Waals surface area contributed by atoms with Crippen LogP contribution in [0, 0.1) is 5.92 Å². The van der Waals surface area contributed by atoms with Crippen molar-refractivity contribution < 1.29 is 9.84 Å². The first-order valence-electron chi connectivity index (χ1n) is 7.47. The fourth-order valence-electron chi connectivity index (χ4n) is 2.53. The fourth-order valence-corrected chi connectivity index (χ4v) is 3.00.